The Hall–Kier alpha value is -2.42. The molecule has 0 aliphatic heterocycles. The summed E-state index contributed by atoms with van der Waals surface area (Å²) < 4.78 is 2.21. The van der Waals surface area contributed by atoms with Crippen LogP contribution in [0.15, 0.2) is 93.9 Å². The van der Waals surface area contributed by atoms with Crippen LogP contribution in [0.4, 0.5) is 0 Å². The molecule has 0 radical (unpaired) electrons. The lowest BCUT2D eigenvalue weighted by atomic mass is 9.92. The van der Waals surface area contributed by atoms with E-state index in [1.807, 2.05) is 0 Å². The van der Waals surface area contributed by atoms with Crippen LogP contribution in [0, 0.1) is 0 Å². The molecule has 0 saturated carbocycles. The second kappa shape index (κ2) is 6.04. The first-order chi connectivity index (χ1) is 13.7. The molecule has 132 valence electrons. The zero-order valence-corrected chi connectivity index (χ0v) is 18.0. The average molecular weight is 486 g/mol. The summed E-state index contributed by atoms with van der Waals surface area (Å²) in [5.74, 6) is 0. The molecule has 4 aromatic carbocycles. The molecule has 0 N–H and O–H groups in total. The Morgan fingerprint density at radius 1 is 0.357 bits per heavy atom. The largest absolute Gasteiger partial charge is 0.0616 e. The quantitative estimate of drug-likeness (QED) is 0.203. The Balaban J connectivity index is 1.82. The fourth-order valence-corrected chi connectivity index (χ4v) is 5.34. The van der Waals surface area contributed by atoms with Crippen LogP contribution >= 0.6 is 31.9 Å². The molecule has 0 aromatic heterocycles. The van der Waals surface area contributed by atoms with Crippen LogP contribution in [0.3, 0.4) is 0 Å². The summed E-state index contributed by atoms with van der Waals surface area (Å²) in [6, 6.07) is 30.8. The highest BCUT2D eigenvalue weighted by Gasteiger charge is 2.32. The number of hydrogen-bond donors (Lipinski definition) is 0. The van der Waals surface area contributed by atoms with Crippen molar-refractivity contribution >= 4 is 43.0 Å². The lowest BCUT2D eigenvalue weighted by Crippen LogP contribution is -1.91. The van der Waals surface area contributed by atoms with Crippen molar-refractivity contribution in [3.63, 3.8) is 0 Å². The number of benzene rings is 4. The molecule has 6 rings (SSSR count). The van der Waals surface area contributed by atoms with E-state index in [0.717, 1.165) is 8.95 Å². The number of halogens is 2. The fourth-order valence-electron chi connectivity index (χ4n) is 4.62. The van der Waals surface area contributed by atoms with Crippen LogP contribution in [-0.4, -0.2) is 0 Å². The van der Waals surface area contributed by atoms with Gasteiger partial charge in [0, 0.05) is 8.95 Å². The summed E-state index contributed by atoms with van der Waals surface area (Å²) in [5.41, 5.74) is 13.1. The smallest absolute Gasteiger partial charge is 0.0181 e. The monoisotopic (exact) mass is 484 g/mol. The highest BCUT2D eigenvalue weighted by Crippen LogP contribution is 2.54. The maximum absolute atomic E-state index is 3.69. The van der Waals surface area contributed by atoms with E-state index in [1.54, 1.807) is 0 Å². The van der Waals surface area contributed by atoms with Crippen LogP contribution in [-0.2, 0) is 0 Å². The number of rotatable bonds is 0. The van der Waals surface area contributed by atoms with Crippen molar-refractivity contribution < 1.29 is 0 Å². The SMILES string of the molecule is Brc1ccc2c(c1)C(=C1c3ccccc3-c3ccccc31)c1cc(Br)ccc1-2. The zero-order valence-electron chi connectivity index (χ0n) is 14.8. The Morgan fingerprint density at radius 2 is 0.714 bits per heavy atom. The minimum atomic E-state index is 1.11. The molecule has 0 saturated heterocycles. The zero-order chi connectivity index (χ0) is 18.8. The van der Waals surface area contributed by atoms with E-state index in [2.05, 4.69) is 117 Å². The van der Waals surface area contributed by atoms with Crippen LogP contribution in [0.2, 0.25) is 0 Å². The summed E-state index contributed by atoms with van der Waals surface area (Å²) in [7, 11) is 0. The normalized spacial score (nSPS) is 13.2. The Morgan fingerprint density at radius 3 is 1.18 bits per heavy atom. The van der Waals surface area contributed by atoms with Gasteiger partial charge in [0.2, 0.25) is 0 Å². The van der Waals surface area contributed by atoms with Crippen LogP contribution in [0.25, 0.3) is 33.4 Å². The Bertz CT molecular complexity index is 1230. The van der Waals surface area contributed by atoms with Crippen molar-refractivity contribution in [2.75, 3.05) is 0 Å². The van der Waals surface area contributed by atoms with Gasteiger partial charge in [-0.05, 0) is 79.9 Å². The van der Waals surface area contributed by atoms with Gasteiger partial charge in [-0.2, -0.15) is 0 Å². The lowest BCUT2D eigenvalue weighted by Gasteiger charge is -2.12. The number of fused-ring (bicyclic) bond motifs is 6. The molecule has 0 nitrogen and oxygen atoms in total. The first-order valence-corrected chi connectivity index (χ1v) is 10.8. The predicted octanol–water partition coefficient (Wildman–Crippen LogP) is 8.18. The highest BCUT2D eigenvalue weighted by atomic mass is 79.9. The van der Waals surface area contributed by atoms with Gasteiger partial charge in [-0.3, -0.25) is 0 Å². The van der Waals surface area contributed by atoms with E-state index in [9.17, 15) is 0 Å². The minimum absolute atomic E-state index is 1.11. The minimum Gasteiger partial charge on any atom is -0.0616 e. The van der Waals surface area contributed by atoms with E-state index in [1.165, 1.54) is 55.7 Å². The van der Waals surface area contributed by atoms with E-state index >= 15 is 0 Å². The van der Waals surface area contributed by atoms with Crippen molar-refractivity contribution in [1.82, 2.24) is 0 Å². The van der Waals surface area contributed by atoms with Crippen molar-refractivity contribution in [3.8, 4) is 22.3 Å². The topological polar surface area (TPSA) is 0 Å². The third-order valence-corrected chi connectivity index (χ3v) is 6.71. The van der Waals surface area contributed by atoms with Gasteiger partial charge < -0.3 is 0 Å². The van der Waals surface area contributed by atoms with Gasteiger partial charge in [0.05, 0.1) is 0 Å². The molecule has 0 bridgehead atoms. The molecule has 4 aromatic rings. The van der Waals surface area contributed by atoms with Crippen LogP contribution < -0.4 is 0 Å². The van der Waals surface area contributed by atoms with Crippen molar-refractivity contribution in [3.05, 3.63) is 116 Å². The summed E-state index contributed by atoms with van der Waals surface area (Å²) in [4.78, 5) is 0. The van der Waals surface area contributed by atoms with Gasteiger partial charge in [-0.25, -0.2) is 0 Å². The fraction of sp³-hybridized carbons (Fsp3) is 0. The molecule has 0 fully saturated rings. The van der Waals surface area contributed by atoms with Gasteiger partial charge >= 0.3 is 0 Å². The average Bonchev–Trinajstić information content (AvgIpc) is 3.19. The predicted molar refractivity (Wildman–Crippen MR) is 124 cm³/mol. The molecule has 2 aliphatic rings. The molecular weight excluding hydrogens is 472 g/mol. The summed E-state index contributed by atoms with van der Waals surface area (Å²) in [6.45, 7) is 0. The Kier molecular flexibility index (Phi) is 3.56. The van der Waals surface area contributed by atoms with Gasteiger partial charge in [-0.15, -0.1) is 0 Å². The summed E-state index contributed by atoms with van der Waals surface area (Å²) >= 11 is 7.38. The van der Waals surface area contributed by atoms with Crippen LogP contribution in [0.1, 0.15) is 22.3 Å². The van der Waals surface area contributed by atoms with Gasteiger partial charge in [0.25, 0.3) is 0 Å². The van der Waals surface area contributed by atoms with E-state index in [-0.39, 0.29) is 0 Å². The van der Waals surface area contributed by atoms with Crippen molar-refractivity contribution in [1.29, 1.82) is 0 Å². The molecule has 0 unspecified atom stereocenters. The van der Waals surface area contributed by atoms with E-state index in [0.29, 0.717) is 0 Å². The van der Waals surface area contributed by atoms with Crippen LogP contribution in [0.5, 0.6) is 0 Å². The Labute approximate surface area is 180 Å². The van der Waals surface area contributed by atoms with Gasteiger partial charge in [0.15, 0.2) is 0 Å². The second-order valence-corrected chi connectivity index (χ2v) is 9.05. The second-order valence-electron chi connectivity index (χ2n) is 7.22. The number of hydrogen-bond acceptors (Lipinski definition) is 0. The lowest BCUT2D eigenvalue weighted by molar-refractivity contribution is 1.60. The molecule has 2 heteroatoms. The third kappa shape index (κ3) is 2.22. The van der Waals surface area contributed by atoms with Gasteiger partial charge in [0.1, 0.15) is 0 Å². The molecule has 0 spiro atoms. The summed E-state index contributed by atoms with van der Waals surface area (Å²) in [6.07, 6.45) is 0. The summed E-state index contributed by atoms with van der Waals surface area (Å²) in [5, 5.41) is 0. The van der Waals surface area contributed by atoms with Gasteiger partial charge in [-0.1, -0.05) is 92.5 Å². The standard InChI is InChI=1S/C26H14Br2/c27-15-9-11-19-20-12-10-16(28)14-24(20)26(23(19)13-15)25-21-7-3-1-5-17(21)18-6-2-4-8-22(18)25/h1-14H. The molecule has 2 aliphatic carbocycles. The maximum atomic E-state index is 3.69. The first kappa shape index (κ1) is 16.5. The molecule has 0 heterocycles. The molecule has 28 heavy (non-hydrogen) atoms. The van der Waals surface area contributed by atoms with Crippen molar-refractivity contribution in [2.24, 2.45) is 0 Å². The van der Waals surface area contributed by atoms with E-state index in [4.69, 9.17) is 0 Å². The molecule has 0 amide bonds. The highest BCUT2D eigenvalue weighted by molar-refractivity contribution is 9.10. The molecular formula is C26H14Br2. The molecule has 0 atom stereocenters. The first-order valence-electron chi connectivity index (χ1n) is 9.26. The van der Waals surface area contributed by atoms with E-state index < -0.39 is 0 Å². The third-order valence-electron chi connectivity index (χ3n) is 5.73. The van der Waals surface area contributed by atoms with Crippen molar-refractivity contribution in [2.45, 2.75) is 0 Å². The maximum Gasteiger partial charge on any atom is 0.0181 e.